The van der Waals surface area contributed by atoms with Gasteiger partial charge in [-0.25, -0.2) is 5.06 Å². The zero-order valence-electron chi connectivity index (χ0n) is 7.32. The molecule has 70 valence electrons. The van der Waals surface area contributed by atoms with Crippen molar-refractivity contribution in [3.63, 3.8) is 0 Å². The zero-order valence-corrected chi connectivity index (χ0v) is 7.32. The molecule has 4 nitrogen and oxygen atoms in total. The number of rotatable bonds is 3. The van der Waals surface area contributed by atoms with E-state index in [0.29, 0.717) is 19.6 Å². The lowest BCUT2D eigenvalue weighted by atomic mass is 10.2. The van der Waals surface area contributed by atoms with E-state index in [1.54, 1.807) is 0 Å². The average Bonchev–Trinajstić information content (AvgIpc) is 2.09. The molecule has 1 aliphatic rings. The highest BCUT2D eigenvalue weighted by atomic mass is 16.7. The van der Waals surface area contributed by atoms with E-state index >= 15 is 0 Å². The number of hydrogen-bond acceptors (Lipinski definition) is 3. The largest absolute Gasteiger partial charge is 0.396 e. The van der Waals surface area contributed by atoms with Crippen molar-refractivity contribution in [3.05, 3.63) is 0 Å². The number of amides is 1. The Morgan fingerprint density at radius 2 is 2.50 bits per heavy atom. The molecule has 12 heavy (non-hydrogen) atoms. The van der Waals surface area contributed by atoms with Crippen molar-refractivity contribution in [1.29, 1.82) is 0 Å². The summed E-state index contributed by atoms with van der Waals surface area (Å²) in [7, 11) is 0. The monoisotopic (exact) mass is 173 g/mol. The molecular weight excluding hydrogens is 158 g/mol. The van der Waals surface area contributed by atoms with Gasteiger partial charge in [0, 0.05) is 13.0 Å². The van der Waals surface area contributed by atoms with Gasteiger partial charge in [-0.2, -0.15) is 0 Å². The third-order valence-corrected chi connectivity index (χ3v) is 1.85. The van der Waals surface area contributed by atoms with Crippen LogP contribution in [0.15, 0.2) is 0 Å². The summed E-state index contributed by atoms with van der Waals surface area (Å²) in [6.07, 6.45) is 1.38. The first-order valence-electron chi connectivity index (χ1n) is 4.28. The molecule has 1 fully saturated rings. The molecule has 1 atom stereocenters. The number of carbonyl (C=O) groups excluding carboxylic acids is 1. The first kappa shape index (κ1) is 9.48. The standard InChI is InChI=1S/C8H15NO3/c1-7(6-10)5-9-8(11)3-2-4-12-9/h7,10H,2-6H2,1H3. The maximum Gasteiger partial charge on any atom is 0.246 e. The van der Waals surface area contributed by atoms with E-state index in [1.807, 2.05) is 6.92 Å². The molecule has 1 N–H and O–H groups in total. The van der Waals surface area contributed by atoms with Crippen molar-refractivity contribution in [3.8, 4) is 0 Å². The first-order chi connectivity index (χ1) is 5.74. The fourth-order valence-corrected chi connectivity index (χ4v) is 1.09. The molecule has 1 unspecified atom stereocenters. The van der Waals surface area contributed by atoms with Gasteiger partial charge in [0.25, 0.3) is 0 Å². The zero-order chi connectivity index (χ0) is 8.97. The normalized spacial score (nSPS) is 21.2. The molecule has 1 saturated heterocycles. The quantitative estimate of drug-likeness (QED) is 0.661. The summed E-state index contributed by atoms with van der Waals surface area (Å²) in [6.45, 7) is 3.08. The molecule has 0 radical (unpaired) electrons. The third-order valence-electron chi connectivity index (χ3n) is 1.85. The second-order valence-electron chi connectivity index (χ2n) is 3.18. The lowest BCUT2D eigenvalue weighted by Gasteiger charge is -2.27. The summed E-state index contributed by atoms with van der Waals surface area (Å²) in [4.78, 5) is 16.3. The molecule has 0 aromatic rings. The summed E-state index contributed by atoms with van der Waals surface area (Å²) in [5, 5.41) is 10.1. The molecule has 0 aliphatic carbocycles. The van der Waals surface area contributed by atoms with Crippen LogP contribution in [0.5, 0.6) is 0 Å². The van der Waals surface area contributed by atoms with Crippen LogP contribution >= 0.6 is 0 Å². The molecule has 0 spiro atoms. The maximum atomic E-state index is 11.2. The SMILES string of the molecule is CC(CO)CN1OCCCC1=O. The van der Waals surface area contributed by atoms with Gasteiger partial charge in [-0.1, -0.05) is 6.92 Å². The first-order valence-corrected chi connectivity index (χ1v) is 4.28. The van der Waals surface area contributed by atoms with E-state index in [-0.39, 0.29) is 18.4 Å². The predicted octanol–water partition coefficient (Wildman–Crippen LogP) is 0.169. The fraction of sp³-hybridized carbons (Fsp3) is 0.875. The van der Waals surface area contributed by atoms with E-state index in [2.05, 4.69) is 0 Å². The number of hydroxylamine groups is 2. The number of aliphatic hydroxyl groups is 1. The van der Waals surface area contributed by atoms with Crippen LogP contribution in [0.4, 0.5) is 0 Å². The lowest BCUT2D eigenvalue weighted by molar-refractivity contribution is -0.201. The molecule has 0 bridgehead atoms. The molecule has 4 heteroatoms. The number of carbonyl (C=O) groups is 1. The molecule has 0 aromatic carbocycles. The Kier molecular flexibility index (Phi) is 3.49. The summed E-state index contributed by atoms with van der Waals surface area (Å²) in [5.74, 6) is 0.119. The van der Waals surface area contributed by atoms with Gasteiger partial charge >= 0.3 is 0 Å². The van der Waals surface area contributed by atoms with Crippen LogP contribution < -0.4 is 0 Å². The fourth-order valence-electron chi connectivity index (χ4n) is 1.09. The topological polar surface area (TPSA) is 49.8 Å². The second kappa shape index (κ2) is 4.42. The molecular formula is C8H15NO3. The summed E-state index contributed by atoms with van der Waals surface area (Å²) >= 11 is 0. The van der Waals surface area contributed by atoms with Gasteiger partial charge in [-0.05, 0) is 12.3 Å². The molecule has 0 aromatic heterocycles. The Labute approximate surface area is 72.1 Å². The summed E-state index contributed by atoms with van der Waals surface area (Å²) < 4.78 is 0. The van der Waals surface area contributed by atoms with Crippen LogP contribution in [-0.2, 0) is 9.63 Å². The van der Waals surface area contributed by atoms with Crippen LogP contribution in [0.3, 0.4) is 0 Å². The van der Waals surface area contributed by atoms with E-state index < -0.39 is 0 Å². The smallest absolute Gasteiger partial charge is 0.246 e. The van der Waals surface area contributed by atoms with Crippen molar-refractivity contribution in [2.24, 2.45) is 5.92 Å². The Bertz CT molecular complexity index is 160. The minimum Gasteiger partial charge on any atom is -0.396 e. The average molecular weight is 173 g/mol. The number of aliphatic hydroxyl groups excluding tert-OH is 1. The van der Waals surface area contributed by atoms with E-state index in [0.717, 1.165) is 6.42 Å². The summed E-state index contributed by atoms with van der Waals surface area (Å²) in [6, 6.07) is 0. The minimum atomic E-state index is 0.0292. The lowest BCUT2D eigenvalue weighted by Crippen LogP contribution is -2.39. The van der Waals surface area contributed by atoms with Crippen molar-refractivity contribution in [2.45, 2.75) is 19.8 Å². The van der Waals surface area contributed by atoms with E-state index in [1.165, 1.54) is 5.06 Å². The van der Waals surface area contributed by atoms with Crippen LogP contribution in [0.1, 0.15) is 19.8 Å². The van der Waals surface area contributed by atoms with Crippen molar-refractivity contribution in [2.75, 3.05) is 19.8 Å². The van der Waals surface area contributed by atoms with E-state index in [4.69, 9.17) is 9.94 Å². The van der Waals surface area contributed by atoms with Gasteiger partial charge in [0.2, 0.25) is 5.91 Å². The molecule has 1 amide bonds. The highest BCUT2D eigenvalue weighted by Gasteiger charge is 2.20. The van der Waals surface area contributed by atoms with Gasteiger partial charge in [-0.3, -0.25) is 9.63 Å². The van der Waals surface area contributed by atoms with Gasteiger partial charge in [0.05, 0.1) is 13.2 Å². The van der Waals surface area contributed by atoms with Gasteiger partial charge in [0.15, 0.2) is 0 Å². The predicted molar refractivity (Wildman–Crippen MR) is 43.1 cm³/mol. The third kappa shape index (κ3) is 2.46. The molecule has 1 heterocycles. The van der Waals surface area contributed by atoms with Gasteiger partial charge in [-0.15, -0.1) is 0 Å². The Morgan fingerprint density at radius 1 is 1.75 bits per heavy atom. The molecule has 0 saturated carbocycles. The van der Waals surface area contributed by atoms with Gasteiger partial charge in [0.1, 0.15) is 0 Å². The Balaban J connectivity index is 2.34. The number of nitrogens with zero attached hydrogens (tertiary/aromatic N) is 1. The van der Waals surface area contributed by atoms with Crippen LogP contribution in [0, 0.1) is 5.92 Å². The highest BCUT2D eigenvalue weighted by molar-refractivity contribution is 5.75. The molecule has 1 rings (SSSR count). The Morgan fingerprint density at radius 3 is 3.08 bits per heavy atom. The Hall–Kier alpha value is -0.610. The second-order valence-corrected chi connectivity index (χ2v) is 3.18. The summed E-state index contributed by atoms with van der Waals surface area (Å²) in [5.41, 5.74) is 0. The van der Waals surface area contributed by atoms with Crippen molar-refractivity contribution < 1.29 is 14.7 Å². The maximum absolute atomic E-state index is 11.2. The van der Waals surface area contributed by atoms with Crippen LogP contribution in [0.2, 0.25) is 0 Å². The highest BCUT2D eigenvalue weighted by Crippen LogP contribution is 2.09. The minimum absolute atomic E-state index is 0.0292. The van der Waals surface area contributed by atoms with Crippen molar-refractivity contribution in [1.82, 2.24) is 5.06 Å². The number of hydrogen-bond donors (Lipinski definition) is 1. The van der Waals surface area contributed by atoms with Crippen LogP contribution in [-0.4, -0.2) is 35.8 Å². The van der Waals surface area contributed by atoms with Crippen molar-refractivity contribution >= 4 is 5.91 Å². The molecule has 1 aliphatic heterocycles. The van der Waals surface area contributed by atoms with E-state index in [9.17, 15) is 4.79 Å². The van der Waals surface area contributed by atoms with Gasteiger partial charge < -0.3 is 5.11 Å². The van der Waals surface area contributed by atoms with Crippen LogP contribution in [0.25, 0.3) is 0 Å².